The van der Waals surface area contributed by atoms with Gasteiger partial charge in [0, 0.05) is 48.9 Å². The molecule has 2 aromatic carbocycles. The number of piperazine rings is 1. The molecule has 2 aliphatic heterocycles. The Morgan fingerprint density at radius 1 is 1.25 bits per heavy atom. The standard InChI is InChI=1S/C29H36N6O4S/c1-29(2,3)39-28(37)35-14-13-34(17-21(35)9-11-30)27(32-38)24-10-12-33(18-25(24)31-19-40-4)26-16-22(36)15-20-7-5-6-8-23(20)26/h5-8,15-16,19,21,36,38H,9-10,12-14,17-18H2,1-4H3/b31-19?,32-27+. The van der Waals surface area contributed by atoms with Crippen molar-refractivity contribution in [3.05, 3.63) is 47.7 Å². The number of nitriles is 1. The van der Waals surface area contributed by atoms with Gasteiger partial charge in [-0.3, -0.25) is 4.99 Å². The van der Waals surface area contributed by atoms with Crippen molar-refractivity contribution in [3.8, 4) is 11.8 Å². The molecule has 4 rings (SSSR count). The van der Waals surface area contributed by atoms with Gasteiger partial charge < -0.3 is 29.8 Å². The van der Waals surface area contributed by atoms with E-state index in [0.717, 1.165) is 27.7 Å². The van der Waals surface area contributed by atoms with Gasteiger partial charge in [-0.15, -0.1) is 11.8 Å². The molecule has 0 bridgehead atoms. The Kier molecular flexibility index (Phi) is 9.10. The number of ether oxygens (including phenoxy) is 1. The van der Waals surface area contributed by atoms with Crippen LogP contribution in [-0.4, -0.2) is 88.2 Å². The van der Waals surface area contributed by atoms with E-state index in [1.54, 1.807) is 22.6 Å². The molecule has 0 radical (unpaired) electrons. The Morgan fingerprint density at radius 2 is 2.02 bits per heavy atom. The van der Waals surface area contributed by atoms with Crippen molar-refractivity contribution in [1.29, 1.82) is 5.26 Å². The first kappa shape index (κ1) is 29.1. The van der Waals surface area contributed by atoms with Gasteiger partial charge in [0.1, 0.15) is 11.4 Å². The normalized spacial score (nSPS) is 18.9. The van der Waals surface area contributed by atoms with Crippen molar-refractivity contribution in [2.45, 2.75) is 45.3 Å². The molecule has 212 valence electrons. The molecule has 1 unspecified atom stereocenters. The highest BCUT2D eigenvalue weighted by atomic mass is 32.2. The van der Waals surface area contributed by atoms with Gasteiger partial charge >= 0.3 is 6.09 Å². The quantitative estimate of drug-likeness (QED) is 0.224. The fourth-order valence-electron chi connectivity index (χ4n) is 5.17. The molecular weight excluding hydrogens is 528 g/mol. The number of hydrogen-bond acceptors (Lipinski definition) is 9. The number of amidine groups is 1. The van der Waals surface area contributed by atoms with E-state index < -0.39 is 17.7 Å². The summed E-state index contributed by atoms with van der Waals surface area (Å²) >= 11 is 1.47. The number of benzene rings is 2. The van der Waals surface area contributed by atoms with E-state index >= 15 is 0 Å². The van der Waals surface area contributed by atoms with E-state index in [-0.39, 0.29) is 12.2 Å². The van der Waals surface area contributed by atoms with Crippen molar-refractivity contribution in [1.82, 2.24) is 9.80 Å². The van der Waals surface area contributed by atoms with Crippen LogP contribution in [0.15, 0.2) is 57.8 Å². The fourth-order valence-corrected chi connectivity index (χ4v) is 5.40. The van der Waals surface area contributed by atoms with Crippen LogP contribution in [0.5, 0.6) is 5.75 Å². The highest BCUT2D eigenvalue weighted by molar-refractivity contribution is 8.11. The minimum absolute atomic E-state index is 0.128. The van der Waals surface area contributed by atoms with E-state index in [0.29, 0.717) is 45.0 Å². The number of phenols is 1. The number of amides is 1. The van der Waals surface area contributed by atoms with E-state index in [1.165, 1.54) is 11.8 Å². The number of nitrogens with zero attached hydrogens (tertiary/aromatic N) is 6. The number of thioether (sulfide) groups is 1. The van der Waals surface area contributed by atoms with Crippen molar-refractivity contribution < 1.29 is 19.8 Å². The molecular formula is C29H36N6O4S. The number of aliphatic imine (C=N–C) groups is 1. The summed E-state index contributed by atoms with van der Waals surface area (Å²) in [5.41, 5.74) is 3.59. The largest absolute Gasteiger partial charge is 0.508 e. The number of rotatable bonds is 5. The molecule has 10 nitrogen and oxygen atoms in total. The molecule has 11 heteroatoms. The van der Waals surface area contributed by atoms with Gasteiger partial charge in [0.2, 0.25) is 0 Å². The second-order valence-electron chi connectivity index (χ2n) is 10.8. The highest BCUT2D eigenvalue weighted by Crippen LogP contribution is 2.35. The van der Waals surface area contributed by atoms with Crippen molar-refractivity contribution >= 4 is 45.7 Å². The van der Waals surface area contributed by atoms with Gasteiger partial charge in [-0.2, -0.15) is 5.26 Å². The van der Waals surface area contributed by atoms with E-state index in [9.17, 15) is 20.4 Å². The summed E-state index contributed by atoms with van der Waals surface area (Å²) in [6, 6.07) is 13.2. The maximum atomic E-state index is 12.8. The summed E-state index contributed by atoms with van der Waals surface area (Å²) in [4.78, 5) is 23.3. The number of carbonyl (C=O) groups is 1. The molecule has 1 atom stereocenters. The van der Waals surface area contributed by atoms with E-state index in [1.807, 2.05) is 56.2 Å². The van der Waals surface area contributed by atoms with E-state index in [2.05, 4.69) is 16.1 Å². The summed E-state index contributed by atoms with van der Waals surface area (Å²) < 4.78 is 5.57. The Hall–Kier alpha value is -3.91. The smallest absolute Gasteiger partial charge is 0.410 e. The molecule has 40 heavy (non-hydrogen) atoms. The molecule has 1 saturated heterocycles. The van der Waals surface area contributed by atoms with Gasteiger partial charge in [-0.1, -0.05) is 29.4 Å². The number of anilines is 1. The molecule has 2 heterocycles. The maximum absolute atomic E-state index is 12.8. The Bertz CT molecular complexity index is 1380. The van der Waals surface area contributed by atoms with Crippen LogP contribution in [0.3, 0.4) is 0 Å². The third-order valence-corrected chi connectivity index (χ3v) is 7.22. The van der Waals surface area contributed by atoms with Gasteiger partial charge in [0.15, 0.2) is 5.84 Å². The number of oxime groups is 1. The first-order valence-corrected chi connectivity index (χ1v) is 14.5. The van der Waals surface area contributed by atoms with Crippen LogP contribution in [0, 0.1) is 11.3 Å². The topological polar surface area (TPSA) is 125 Å². The lowest BCUT2D eigenvalue weighted by Crippen LogP contribution is -2.57. The fraction of sp³-hybridized carbons (Fsp3) is 0.448. The third-order valence-electron chi connectivity index (χ3n) is 6.90. The summed E-state index contributed by atoms with van der Waals surface area (Å²) in [6.07, 6.45) is 2.16. The van der Waals surface area contributed by atoms with Crippen molar-refractivity contribution in [2.24, 2.45) is 10.1 Å². The van der Waals surface area contributed by atoms with Crippen LogP contribution in [0.2, 0.25) is 0 Å². The maximum Gasteiger partial charge on any atom is 0.410 e. The molecule has 1 amide bonds. The zero-order chi connectivity index (χ0) is 28.9. The van der Waals surface area contributed by atoms with Crippen molar-refractivity contribution in [3.63, 3.8) is 0 Å². The van der Waals surface area contributed by atoms with Crippen LogP contribution in [0.4, 0.5) is 10.5 Å². The predicted octanol–water partition coefficient (Wildman–Crippen LogP) is 5.02. The average molecular weight is 565 g/mol. The van der Waals surface area contributed by atoms with Crippen LogP contribution < -0.4 is 4.90 Å². The summed E-state index contributed by atoms with van der Waals surface area (Å²) in [5, 5.41) is 35.8. The molecule has 2 N–H and O–H groups in total. The lowest BCUT2D eigenvalue weighted by Gasteiger charge is -2.42. The molecule has 0 spiro atoms. The van der Waals surface area contributed by atoms with Gasteiger partial charge in [-0.25, -0.2) is 4.79 Å². The van der Waals surface area contributed by atoms with Crippen LogP contribution in [-0.2, 0) is 4.74 Å². The molecule has 2 aliphatic rings. The first-order valence-electron chi connectivity index (χ1n) is 13.2. The Labute approximate surface area is 239 Å². The molecule has 0 saturated carbocycles. The lowest BCUT2D eigenvalue weighted by molar-refractivity contribution is 0.00570. The monoisotopic (exact) mass is 564 g/mol. The minimum Gasteiger partial charge on any atom is -0.508 e. The second-order valence-corrected chi connectivity index (χ2v) is 11.5. The minimum atomic E-state index is -0.646. The molecule has 1 fully saturated rings. The summed E-state index contributed by atoms with van der Waals surface area (Å²) in [7, 11) is 0. The first-order chi connectivity index (χ1) is 19.1. The lowest BCUT2D eigenvalue weighted by atomic mass is 9.99. The SMILES string of the molecule is CSC=NC1=C(/C(=N\O)N2CCN(C(=O)OC(C)(C)C)C(CC#N)C2)CCN(c2cc(O)cc3ccccc23)C1. The molecule has 2 aromatic rings. The number of hydrogen-bond donors (Lipinski definition) is 2. The van der Waals surface area contributed by atoms with Gasteiger partial charge in [0.05, 0.1) is 36.3 Å². The Morgan fingerprint density at radius 3 is 2.73 bits per heavy atom. The highest BCUT2D eigenvalue weighted by Gasteiger charge is 2.36. The van der Waals surface area contributed by atoms with Crippen LogP contribution in [0.25, 0.3) is 10.8 Å². The van der Waals surface area contributed by atoms with Crippen LogP contribution >= 0.6 is 11.8 Å². The van der Waals surface area contributed by atoms with Crippen molar-refractivity contribution in [2.75, 3.05) is 43.9 Å². The number of phenolic OH excluding ortho intramolecular Hbond substituents is 1. The number of aromatic hydroxyl groups is 1. The van der Waals surface area contributed by atoms with Crippen LogP contribution in [0.1, 0.15) is 33.6 Å². The average Bonchev–Trinajstić information content (AvgIpc) is 2.91. The predicted molar refractivity (Wildman–Crippen MR) is 159 cm³/mol. The number of fused-ring (bicyclic) bond motifs is 1. The zero-order valence-corrected chi connectivity index (χ0v) is 24.2. The zero-order valence-electron chi connectivity index (χ0n) is 23.4. The third kappa shape index (κ3) is 6.62. The number of carbonyl (C=O) groups excluding carboxylic acids is 1. The summed E-state index contributed by atoms with van der Waals surface area (Å²) in [6.45, 7) is 7.60. The Balaban J connectivity index is 1.63. The van der Waals surface area contributed by atoms with Gasteiger partial charge in [0.25, 0.3) is 0 Å². The second kappa shape index (κ2) is 12.5. The molecule has 0 aliphatic carbocycles. The van der Waals surface area contributed by atoms with Gasteiger partial charge in [-0.05, 0) is 44.9 Å². The van der Waals surface area contributed by atoms with E-state index in [4.69, 9.17) is 9.73 Å². The molecule has 0 aromatic heterocycles. The summed E-state index contributed by atoms with van der Waals surface area (Å²) in [5.74, 6) is 0.599.